The number of methoxy groups -OCH3 is 1. The zero-order valence-electron chi connectivity index (χ0n) is 14.1. The normalized spacial score (nSPS) is 12.1. The van der Waals surface area contributed by atoms with E-state index in [4.69, 9.17) is 20.9 Å². The number of ether oxygens (including phenoxy) is 1. The van der Waals surface area contributed by atoms with E-state index >= 15 is 0 Å². The molecule has 6 nitrogen and oxygen atoms in total. The highest BCUT2D eigenvalue weighted by Crippen LogP contribution is 2.25. The van der Waals surface area contributed by atoms with Crippen molar-refractivity contribution in [3.63, 3.8) is 0 Å². The molecule has 0 saturated heterocycles. The van der Waals surface area contributed by atoms with Crippen molar-refractivity contribution in [2.45, 2.75) is 19.4 Å². The average molecular weight is 359 g/mol. The molecule has 0 radical (unpaired) electrons. The maximum atomic E-state index is 5.99. The average Bonchev–Trinajstić information content (AvgIpc) is 3.06. The summed E-state index contributed by atoms with van der Waals surface area (Å²) in [4.78, 5) is 8.65. The molecule has 0 fully saturated rings. The molecule has 0 aliphatic heterocycles. The highest BCUT2D eigenvalue weighted by atomic mass is 35.5. The minimum atomic E-state index is 0.0457. The van der Waals surface area contributed by atoms with Crippen molar-refractivity contribution in [3.8, 4) is 11.5 Å². The van der Waals surface area contributed by atoms with Crippen LogP contribution in [0, 0.1) is 6.92 Å². The fraction of sp³-hybridized carbons (Fsp3) is 0.278. The van der Waals surface area contributed by atoms with Gasteiger partial charge in [0.15, 0.2) is 5.82 Å². The summed E-state index contributed by atoms with van der Waals surface area (Å²) in [6, 6.07) is 11.5. The molecular formula is C18H19ClN4O2. The molecule has 0 spiro atoms. The van der Waals surface area contributed by atoms with E-state index in [0.717, 1.165) is 23.4 Å². The van der Waals surface area contributed by atoms with Crippen molar-refractivity contribution in [3.05, 3.63) is 59.0 Å². The van der Waals surface area contributed by atoms with Crippen LogP contribution in [0.3, 0.4) is 0 Å². The van der Waals surface area contributed by atoms with Crippen LogP contribution in [-0.4, -0.2) is 28.8 Å². The van der Waals surface area contributed by atoms with Crippen molar-refractivity contribution in [1.82, 2.24) is 15.1 Å². The SMILES string of the molecule is COCCC(Nc1cc(-c2nc(C)no2)ccn1)c1ccc(Cl)cc1. The highest BCUT2D eigenvalue weighted by molar-refractivity contribution is 6.30. The van der Waals surface area contributed by atoms with Crippen LogP contribution >= 0.6 is 11.6 Å². The van der Waals surface area contributed by atoms with E-state index in [1.54, 1.807) is 20.2 Å². The quantitative estimate of drug-likeness (QED) is 0.679. The van der Waals surface area contributed by atoms with Gasteiger partial charge in [0.2, 0.25) is 0 Å². The minimum Gasteiger partial charge on any atom is -0.385 e. The zero-order valence-corrected chi connectivity index (χ0v) is 14.8. The summed E-state index contributed by atoms with van der Waals surface area (Å²) in [6.45, 7) is 2.41. The molecule has 1 aromatic carbocycles. The molecule has 3 rings (SSSR count). The third-order valence-electron chi connectivity index (χ3n) is 3.74. The molecule has 7 heteroatoms. The van der Waals surface area contributed by atoms with Gasteiger partial charge < -0.3 is 14.6 Å². The molecule has 0 bridgehead atoms. The summed E-state index contributed by atoms with van der Waals surface area (Å²) in [5, 5.41) is 7.98. The highest BCUT2D eigenvalue weighted by Gasteiger charge is 2.14. The van der Waals surface area contributed by atoms with E-state index < -0.39 is 0 Å². The Labute approximate surface area is 151 Å². The van der Waals surface area contributed by atoms with Crippen LogP contribution in [-0.2, 0) is 4.74 Å². The second kappa shape index (κ2) is 8.09. The van der Waals surface area contributed by atoms with Crippen LogP contribution in [0.15, 0.2) is 47.1 Å². The van der Waals surface area contributed by atoms with Gasteiger partial charge in [0.1, 0.15) is 5.82 Å². The third-order valence-corrected chi connectivity index (χ3v) is 3.99. The second-order valence-corrected chi connectivity index (χ2v) is 6.04. The Kier molecular flexibility index (Phi) is 5.63. The maximum absolute atomic E-state index is 5.99. The Morgan fingerprint density at radius 1 is 1.24 bits per heavy atom. The van der Waals surface area contributed by atoms with Crippen molar-refractivity contribution < 1.29 is 9.26 Å². The fourth-order valence-corrected chi connectivity index (χ4v) is 2.61. The molecule has 1 atom stereocenters. The summed E-state index contributed by atoms with van der Waals surface area (Å²) >= 11 is 5.99. The van der Waals surface area contributed by atoms with Crippen LogP contribution < -0.4 is 5.32 Å². The molecule has 25 heavy (non-hydrogen) atoms. The number of aryl methyl sites for hydroxylation is 1. The van der Waals surface area contributed by atoms with E-state index in [0.29, 0.717) is 23.3 Å². The lowest BCUT2D eigenvalue weighted by molar-refractivity contribution is 0.190. The number of nitrogens with one attached hydrogen (secondary N) is 1. The van der Waals surface area contributed by atoms with Gasteiger partial charge in [0.25, 0.3) is 5.89 Å². The molecular weight excluding hydrogens is 340 g/mol. The Balaban J connectivity index is 1.82. The van der Waals surface area contributed by atoms with Gasteiger partial charge in [-0.1, -0.05) is 28.9 Å². The molecule has 0 aliphatic rings. The first-order valence-corrected chi connectivity index (χ1v) is 8.31. The van der Waals surface area contributed by atoms with E-state index in [9.17, 15) is 0 Å². The fourth-order valence-electron chi connectivity index (χ4n) is 2.49. The van der Waals surface area contributed by atoms with Crippen LogP contribution in [0.4, 0.5) is 5.82 Å². The first-order chi connectivity index (χ1) is 12.2. The predicted octanol–water partition coefficient (Wildman–Crippen LogP) is 4.28. The van der Waals surface area contributed by atoms with Gasteiger partial charge in [-0.15, -0.1) is 0 Å². The molecule has 0 saturated carbocycles. The number of hydrogen-bond donors (Lipinski definition) is 1. The molecule has 3 aromatic rings. The lowest BCUT2D eigenvalue weighted by Crippen LogP contribution is -2.14. The molecule has 130 valence electrons. The van der Waals surface area contributed by atoms with Crippen LogP contribution in [0.2, 0.25) is 5.02 Å². The van der Waals surface area contributed by atoms with E-state index in [1.165, 1.54) is 0 Å². The first kappa shape index (κ1) is 17.4. The Morgan fingerprint density at radius 3 is 2.72 bits per heavy atom. The number of anilines is 1. The Hall–Kier alpha value is -2.44. The number of halogens is 1. The van der Waals surface area contributed by atoms with Crippen molar-refractivity contribution in [1.29, 1.82) is 0 Å². The number of rotatable bonds is 7. The molecule has 2 aromatic heterocycles. The summed E-state index contributed by atoms with van der Waals surface area (Å²) in [7, 11) is 1.69. The number of pyridine rings is 1. The maximum Gasteiger partial charge on any atom is 0.258 e. The van der Waals surface area contributed by atoms with Crippen LogP contribution in [0.1, 0.15) is 23.9 Å². The number of hydrogen-bond acceptors (Lipinski definition) is 6. The van der Waals surface area contributed by atoms with E-state index in [2.05, 4.69) is 20.4 Å². The lowest BCUT2D eigenvalue weighted by Gasteiger charge is -2.20. The second-order valence-electron chi connectivity index (χ2n) is 5.61. The van der Waals surface area contributed by atoms with Gasteiger partial charge in [-0.3, -0.25) is 0 Å². The molecule has 0 amide bonds. The summed E-state index contributed by atoms with van der Waals surface area (Å²) in [5.74, 6) is 1.80. The van der Waals surface area contributed by atoms with Crippen LogP contribution in [0.5, 0.6) is 0 Å². The van der Waals surface area contributed by atoms with Gasteiger partial charge >= 0.3 is 0 Å². The number of nitrogens with zero attached hydrogens (tertiary/aromatic N) is 3. The van der Waals surface area contributed by atoms with Gasteiger partial charge in [0, 0.05) is 30.5 Å². The minimum absolute atomic E-state index is 0.0457. The monoisotopic (exact) mass is 358 g/mol. The summed E-state index contributed by atoms with van der Waals surface area (Å²) < 4.78 is 10.5. The molecule has 0 aliphatic carbocycles. The zero-order chi connectivity index (χ0) is 17.6. The smallest absolute Gasteiger partial charge is 0.258 e. The van der Waals surface area contributed by atoms with Gasteiger partial charge in [-0.25, -0.2) is 4.98 Å². The molecule has 2 heterocycles. The van der Waals surface area contributed by atoms with E-state index in [-0.39, 0.29) is 6.04 Å². The lowest BCUT2D eigenvalue weighted by atomic mass is 10.0. The first-order valence-electron chi connectivity index (χ1n) is 7.93. The van der Waals surface area contributed by atoms with Crippen molar-refractivity contribution in [2.75, 3.05) is 19.0 Å². The van der Waals surface area contributed by atoms with Gasteiger partial charge in [0.05, 0.1) is 6.04 Å². The summed E-state index contributed by atoms with van der Waals surface area (Å²) in [5.41, 5.74) is 1.93. The molecule has 1 N–H and O–H groups in total. The van der Waals surface area contributed by atoms with E-state index in [1.807, 2.05) is 36.4 Å². The number of aromatic nitrogens is 3. The van der Waals surface area contributed by atoms with Gasteiger partial charge in [-0.2, -0.15) is 4.98 Å². The standard InChI is InChI=1S/C18H19ClN4O2/c1-12-21-18(25-23-12)14-7-9-20-17(11-14)22-16(8-10-24-2)13-3-5-15(19)6-4-13/h3-7,9,11,16H,8,10H2,1-2H3,(H,20,22). The van der Waals surface area contributed by atoms with Gasteiger partial charge in [-0.05, 0) is 43.2 Å². The number of benzene rings is 1. The third kappa shape index (κ3) is 4.55. The Bertz CT molecular complexity index is 820. The topological polar surface area (TPSA) is 73.1 Å². The van der Waals surface area contributed by atoms with Crippen molar-refractivity contribution >= 4 is 17.4 Å². The largest absolute Gasteiger partial charge is 0.385 e. The Morgan fingerprint density at radius 2 is 2.04 bits per heavy atom. The summed E-state index contributed by atoms with van der Waals surface area (Å²) in [6.07, 6.45) is 2.51. The molecule has 1 unspecified atom stereocenters. The predicted molar refractivity (Wildman–Crippen MR) is 96.6 cm³/mol. The van der Waals surface area contributed by atoms with Crippen molar-refractivity contribution in [2.24, 2.45) is 0 Å². The van der Waals surface area contributed by atoms with Crippen LogP contribution in [0.25, 0.3) is 11.5 Å².